The van der Waals surface area contributed by atoms with Gasteiger partial charge in [-0.25, -0.2) is 0 Å². The lowest BCUT2D eigenvalue weighted by Gasteiger charge is -2.12. The van der Waals surface area contributed by atoms with Gasteiger partial charge in [-0.3, -0.25) is 4.79 Å². The molecule has 0 spiro atoms. The van der Waals surface area contributed by atoms with Crippen LogP contribution in [0.1, 0.15) is 11.1 Å². The van der Waals surface area contributed by atoms with Gasteiger partial charge >= 0.3 is 6.18 Å². The van der Waals surface area contributed by atoms with Gasteiger partial charge in [-0.05, 0) is 29.8 Å². The molecule has 5 heteroatoms. The number of para-hydroxylation sites is 1. The molecule has 0 atom stereocenters. The molecule has 0 aliphatic carbocycles. The van der Waals surface area contributed by atoms with E-state index in [9.17, 15) is 18.0 Å². The minimum Gasteiger partial charge on any atom is -0.343 e. The van der Waals surface area contributed by atoms with E-state index in [1.165, 1.54) is 18.2 Å². The third-order valence-corrected chi connectivity index (χ3v) is 3.52. The fourth-order valence-corrected chi connectivity index (χ4v) is 2.39. The minimum atomic E-state index is -4.33. The molecule has 2 aromatic carbocycles. The summed E-state index contributed by atoms with van der Waals surface area (Å²) in [6.07, 6.45) is -2.68. The second-order valence-electron chi connectivity index (χ2n) is 5.02. The van der Waals surface area contributed by atoms with E-state index in [0.717, 1.165) is 23.2 Å². The molecule has 2 nitrogen and oxygen atoms in total. The van der Waals surface area contributed by atoms with E-state index < -0.39 is 11.7 Å². The first kappa shape index (κ1) is 14.4. The van der Waals surface area contributed by atoms with Gasteiger partial charge in [0.1, 0.15) is 0 Å². The van der Waals surface area contributed by atoms with Crippen LogP contribution in [0.3, 0.4) is 0 Å². The van der Waals surface area contributed by atoms with Crippen molar-refractivity contribution in [2.75, 3.05) is 0 Å². The number of aromatic nitrogens is 1. The number of pyridine rings is 1. The Morgan fingerprint density at radius 2 is 1.59 bits per heavy atom. The van der Waals surface area contributed by atoms with Gasteiger partial charge in [-0.2, -0.15) is 13.2 Å². The minimum absolute atomic E-state index is 0.0701. The van der Waals surface area contributed by atoms with Gasteiger partial charge in [0.15, 0.2) is 5.43 Å². The SMILES string of the molecule is O=c1ccn(Cc2ccc(C(F)(F)F)cc2)c2ccccc12. The molecule has 0 aliphatic rings. The van der Waals surface area contributed by atoms with Crippen LogP contribution in [0.25, 0.3) is 10.9 Å². The molecule has 0 aliphatic heterocycles. The second-order valence-corrected chi connectivity index (χ2v) is 5.02. The molecule has 3 aromatic rings. The number of hydrogen-bond donors (Lipinski definition) is 0. The Labute approximate surface area is 124 Å². The van der Waals surface area contributed by atoms with Gasteiger partial charge in [0.2, 0.25) is 0 Å². The predicted octanol–water partition coefficient (Wildman–Crippen LogP) is 4.07. The van der Waals surface area contributed by atoms with E-state index in [1.807, 2.05) is 16.7 Å². The van der Waals surface area contributed by atoms with Crippen LogP contribution in [0.2, 0.25) is 0 Å². The molecule has 1 heterocycles. The predicted molar refractivity (Wildman–Crippen MR) is 78.8 cm³/mol. The number of nitrogens with zero attached hydrogens (tertiary/aromatic N) is 1. The molecule has 0 amide bonds. The van der Waals surface area contributed by atoms with Crippen molar-refractivity contribution in [3.63, 3.8) is 0 Å². The van der Waals surface area contributed by atoms with Crippen LogP contribution >= 0.6 is 0 Å². The maximum absolute atomic E-state index is 12.6. The van der Waals surface area contributed by atoms with Gasteiger partial charge in [-0.1, -0.05) is 24.3 Å². The molecule has 112 valence electrons. The first-order chi connectivity index (χ1) is 10.4. The standard InChI is InChI=1S/C17H12F3NO/c18-17(19,20)13-7-5-12(6-8-13)11-21-10-9-16(22)14-3-1-2-4-15(14)21/h1-10H,11H2. The molecule has 1 aromatic heterocycles. The van der Waals surface area contributed by atoms with Crippen molar-refractivity contribution in [2.45, 2.75) is 12.7 Å². The third-order valence-electron chi connectivity index (χ3n) is 3.52. The van der Waals surface area contributed by atoms with Crippen molar-refractivity contribution in [3.8, 4) is 0 Å². The first-order valence-electron chi connectivity index (χ1n) is 6.69. The number of benzene rings is 2. The molecular weight excluding hydrogens is 291 g/mol. The first-order valence-corrected chi connectivity index (χ1v) is 6.69. The number of halogens is 3. The van der Waals surface area contributed by atoms with E-state index in [1.54, 1.807) is 18.3 Å². The molecule has 22 heavy (non-hydrogen) atoms. The summed E-state index contributed by atoms with van der Waals surface area (Å²) in [6.45, 7) is 0.402. The number of rotatable bonds is 2. The maximum Gasteiger partial charge on any atom is 0.416 e. The van der Waals surface area contributed by atoms with Crippen LogP contribution in [-0.4, -0.2) is 4.57 Å². The van der Waals surface area contributed by atoms with E-state index in [0.29, 0.717) is 11.9 Å². The van der Waals surface area contributed by atoms with Crippen molar-refractivity contribution in [1.29, 1.82) is 0 Å². The highest BCUT2D eigenvalue weighted by Crippen LogP contribution is 2.29. The third kappa shape index (κ3) is 2.74. The molecule has 0 saturated carbocycles. The Kier molecular flexibility index (Phi) is 3.48. The largest absolute Gasteiger partial charge is 0.416 e. The van der Waals surface area contributed by atoms with Crippen LogP contribution in [0.5, 0.6) is 0 Å². The van der Waals surface area contributed by atoms with Crippen molar-refractivity contribution in [1.82, 2.24) is 4.57 Å². The second kappa shape index (κ2) is 5.33. The summed E-state index contributed by atoms with van der Waals surface area (Å²) in [4.78, 5) is 11.8. The zero-order valence-corrected chi connectivity index (χ0v) is 11.5. The van der Waals surface area contributed by atoms with Gasteiger partial charge in [-0.15, -0.1) is 0 Å². The summed E-state index contributed by atoms with van der Waals surface area (Å²) in [6, 6.07) is 13.7. The quantitative estimate of drug-likeness (QED) is 0.699. The van der Waals surface area contributed by atoms with Crippen LogP contribution < -0.4 is 5.43 Å². The highest BCUT2D eigenvalue weighted by atomic mass is 19.4. The highest BCUT2D eigenvalue weighted by molar-refractivity contribution is 5.78. The fourth-order valence-electron chi connectivity index (χ4n) is 2.39. The molecule has 0 unspecified atom stereocenters. The zero-order chi connectivity index (χ0) is 15.7. The molecule has 0 radical (unpaired) electrons. The Balaban J connectivity index is 1.97. The Bertz CT molecular complexity index is 863. The topological polar surface area (TPSA) is 22.0 Å². The zero-order valence-electron chi connectivity index (χ0n) is 11.5. The van der Waals surface area contributed by atoms with Gasteiger partial charge < -0.3 is 4.57 Å². The van der Waals surface area contributed by atoms with Crippen LogP contribution in [0.4, 0.5) is 13.2 Å². The Morgan fingerprint density at radius 1 is 0.909 bits per heavy atom. The van der Waals surface area contributed by atoms with E-state index in [2.05, 4.69) is 0 Å². The van der Waals surface area contributed by atoms with E-state index >= 15 is 0 Å². The average Bonchev–Trinajstić information content (AvgIpc) is 2.50. The lowest BCUT2D eigenvalue weighted by Crippen LogP contribution is -2.09. The summed E-state index contributed by atoms with van der Waals surface area (Å²) >= 11 is 0. The smallest absolute Gasteiger partial charge is 0.343 e. The van der Waals surface area contributed by atoms with E-state index in [-0.39, 0.29) is 5.43 Å². The molecule has 0 fully saturated rings. The summed E-state index contributed by atoms with van der Waals surface area (Å²) in [5, 5.41) is 0.594. The van der Waals surface area contributed by atoms with Crippen molar-refractivity contribution >= 4 is 10.9 Å². The summed E-state index contributed by atoms with van der Waals surface area (Å²) in [7, 11) is 0. The number of hydrogen-bond acceptors (Lipinski definition) is 1. The Hall–Kier alpha value is -2.56. The maximum atomic E-state index is 12.6. The van der Waals surface area contributed by atoms with Crippen LogP contribution in [-0.2, 0) is 12.7 Å². The van der Waals surface area contributed by atoms with Crippen LogP contribution in [0, 0.1) is 0 Å². The highest BCUT2D eigenvalue weighted by Gasteiger charge is 2.29. The summed E-state index contributed by atoms with van der Waals surface area (Å²) in [5.41, 5.74) is 0.761. The number of fused-ring (bicyclic) bond motifs is 1. The van der Waals surface area contributed by atoms with Crippen molar-refractivity contribution in [2.24, 2.45) is 0 Å². The average molecular weight is 303 g/mol. The molecular formula is C17H12F3NO. The molecule has 0 bridgehead atoms. The molecule has 0 N–H and O–H groups in total. The summed E-state index contributed by atoms with van der Waals surface area (Å²) < 4.78 is 39.5. The van der Waals surface area contributed by atoms with Gasteiger partial charge in [0.25, 0.3) is 0 Å². The molecule has 0 saturated heterocycles. The lowest BCUT2D eigenvalue weighted by atomic mass is 10.1. The monoisotopic (exact) mass is 303 g/mol. The molecule has 3 rings (SSSR count). The van der Waals surface area contributed by atoms with Gasteiger partial charge in [0, 0.05) is 24.2 Å². The normalized spacial score (nSPS) is 11.8. The van der Waals surface area contributed by atoms with Crippen molar-refractivity contribution in [3.05, 3.63) is 82.1 Å². The van der Waals surface area contributed by atoms with Gasteiger partial charge in [0.05, 0.1) is 11.1 Å². The van der Waals surface area contributed by atoms with E-state index in [4.69, 9.17) is 0 Å². The Morgan fingerprint density at radius 3 is 2.27 bits per heavy atom. The number of alkyl halides is 3. The van der Waals surface area contributed by atoms with Crippen molar-refractivity contribution < 1.29 is 13.2 Å². The fraction of sp³-hybridized carbons (Fsp3) is 0.118. The lowest BCUT2D eigenvalue weighted by molar-refractivity contribution is -0.137. The van der Waals surface area contributed by atoms with Crippen LogP contribution in [0.15, 0.2) is 65.6 Å². The summed E-state index contributed by atoms with van der Waals surface area (Å²) in [5.74, 6) is 0.